The molecular formula is C14H27NO3. The standard InChI is InChI=1S/C14H27NO3/c16-11-3-1-2-10-15-14(18)9-6-12-4-7-13(17)8-5-12/h12-13,16-17H,1-11H2,(H,15,18). The summed E-state index contributed by atoms with van der Waals surface area (Å²) in [6.07, 6.45) is 8.10. The van der Waals surface area contributed by atoms with Gasteiger partial charge in [0.1, 0.15) is 0 Å². The zero-order chi connectivity index (χ0) is 13.2. The predicted molar refractivity (Wildman–Crippen MR) is 71.1 cm³/mol. The highest BCUT2D eigenvalue weighted by Crippen LogP contribution is 2.27. The summed E-state index contributed by atoms with van der Waals surface area (Å²) in [6.45, 7) is 0.962. The van der Waals surface area contributed by atoms with Crippen LogP contribution in [0.4, 0.5) is 0 Å². The predicted octanol–water partition coefficient (Wildman–Crippen LogP) is 1.60. The average molecular weight is 257 g/mol. The average Bonchev–Trinajstić information content (AvgIpc) is 2.38. The Morgan fingerprint density at radius 3 is 2.50 bits per heavy atom. The van der Waals surface area contributed by atoms with E-state index in [0.29, 0.717) is 12.3 Å². The fourth-order valence-electron chi connectivity index (χ4n) is 2.50. The van der Waals surface area contributed by atoms with Crippen LogP contribution in [0.5, 0.6) is 0 Å². The van der Waals surface area contributed by atoms with Crippen molar-refractivity contribution in [3.63, 3.8) is 0 Å². The van der Waals surface area contributed by atoms with Crippen LogP contribution in [-0.2, 0) is 4.79 Å². The number of aliphatic hydroxyl groups excluding tert-OH is 2. The molecule has 3 N–H and O–H groups in total. The van der Waals surface area contributed by atoms with Crippen LogP contribution >= 0.6 is 0 Å². The first-order valence-corrected chi connectivity index (χ1v) is 7.28. The third kappa shape index (κ3) is 6.97. The minimum absolute atomic E-state index is 0.110. The maximum Gasteiger partial charge on any atom is 0.220 e. The van der Waals surface area contributed by atoms with E-state index in [1.807, 2.05) is 0 Å². The number of carbonyl (C=O) groups is 1. The quantitative estimate of drug-likeness (QED) is 0.578. The molecule has 0 aromatic heterocycles. The van der Waals surface area contributed by atoms with Gasteiger partial charge >= 0.3 is 0 Å². The Labute approximate surface area is 110 Å². The second-order valence-corrected chi connectivity index (χ2v) is 5.35. The SMILES string of the molecule is O=C(CCC1CCC(O)CC1)NCCCCCO. The van der Waals surface area contributed by atoms with Crippen LogP contribution in [0.15, 0.2) is 0 Å². The van der Waals surface area contributed by atoms with Gasteiger partial charge in [0.05, 0.1) is 6.10 Å². The van der Waals surface area contributed by atoms with Gasteiger partial charge in [0, 0.05) is 19.6 Å². The van der Waals surface area contributed by atoms with Crippen molar-refractivity contribution < 1.29 is 15.0 Å². The Morgan fingerprint density at radius 2 is 1.83 bits per heavy atom. The van der Waals surface area contributed by atoms with E-state index >= 15 is 0 Å². The first-order valence-electron chi connectivity index (χ1n) is 7.28. The van der Waals surface area contributed by atoms with Gasteiger partial charge in [-0.25, -0.2) is 0 Å². The van der Waals surface area contributed by atoms with E-state index in [-0.39, 0.29) is 18.6 Å². The van der Waals surface area contributed by atoms with Gasteiger partial charge in [-0.05, 0) is 57.3 Å². The van der Waals surface area contributed by atoms with Gasteiger partial charge < -0.3 is 15.5 Å². The lowest BCUT2D eigenvalue weighted by molar-refractivity contribution is -0.121. The highest BCUT2D eigenvalue weighted by molar-refractivity contribution is 5.75. The molecule has 0 radical (unpaired) electrons. The molecule has 106 valence electrons. The summed E-state index contributed by atoms with van der Waals surface area (Å²) in [5.74, 6) is 0.763. The number of carbonyl (C=O) groups excluding carboxylic acids is 1. The minimum atomic E-state index is -0.110. The summed E-state index contributed by atoms with van der Waals surface area (Å²) in [5, 5.41) is 20.9. The van der Waals surface area contributed by atoms with Gasteiger partial charge in [0.2, 0.25) is 5.91 Å². The molecule has 0 aromatic carbocycles. The molecule has 0 aliphatic heterocycles. The van der Waals surface area contributed by atoms with E-state index in [9.17, 15) is 9.90 Å². The molecule has 0 spiro atoms. The topological polar surface area (TPSA) is 69.6 Å². The molecular weight excluding hydrogens is 230 g/mol. The van der Waals surface area contributed by atoms with Crippen molar-refractivity contribution in [2.75, 3.05) is 13.2 Å². The summed E-state index contributed by atoms with van der Waals surface area (Å²) >= 11 is 0. The normalized spacial score (nSPS) is 23.9. The van der Waals surface area contributed by atoms with Crippen LogP contribution in [0.2, 0.25) is 0 Å². The molecule has 1 amide bonds. The van der Waals surface area contributed by atoms with Crippen molar-refractivity contribution in [1.29, 1.82) is 0 Å². The fourth-order valence-corrected chi connectivity index (χ4v) is 2.50. The highest BCUT2D eigenvalue weighted by Gasteiger charge is 2.19. The van der Waals surface area contributed by atoms with Crippen molar-refractivity contribution in [2.45, 2.75) is 63.9 Å². The molecule has 4 nitrogen and oxygen atoms in total. The molecule has 18 heavy (non-hydrogen) atoms. The smallest absolute Gasteiger partial charge is 0.220 e. The Bertz CT molecular complexity index is 225. The number of nitrogens with one attached hydrogen (secondary N) is 1. The van der Waals surface area contributed by atoms with Gasteiger partial charge in [-0.15, -0.1) is 0 Å². The molecule has 0 unspecified atom stereocenters. The van der Waals surface area contributed by atoms with E-state index < -0.39 is 0 Å². The van der Waals surface area contributed by atoms with Crippen molar-refractivity contribution in [3.8, 4) is 0 Å². The van der Waals surface area contributed by atoms with Crippen molar-refractivity contribution >= 4 is 5.91 Å². The highest BCUT2D eigenvalue weighted by atomic mass is 16.3. The third-order valence-corrected chi connectivity index (χ3v) is 3.75. The van der Waals surface area contributed by atoms with Crippen LogP contribution in [-0.4, -0.2) is 35.4 Å². The molecule has 1 saturated carbocycles. The zero-order valence-electron chi connectivity index (χ0n) is 11.2. The first-order chi connectivity index (χ1) is 8.72. The van der Waals surface area contributed by atoms with Crippen LogP contribution in [0.3, 0.4) is 0 Å². The van der Waals surface area contributed by atoms with E-state index in [4.69, 9.17) is 5.11 Å². The molecule has 1 rings (SSSR count). The second-order valence-electron chi connectivity index (χ2n) is 5.35. The Hall–Kier alpha value is -0.610. The van der Waals surface area contributed by atoms with Gasteiger partial charge in [0.15, 0.2) is 0 Å². The number of amides is 1. The number of hydrogen-bond donors (Lipinski definition) is 3. The number of rotatable bonds is 8. The molecule has 0 atom stereocenters. The molecule has 4 heteroatoms. The van der Waals surface area contributed by atoms with Gasteiger partial charge in [-0.1, -0.05) is 0 Å². The molecule has 0 saturated heterocycles. The maximum atomic E-state index is 11.6. The van der Waals surface area contributed by atoms with Crippen LogP contribution in [0.25, 0.3) is 0 Å². The first kappa shape index (κ1) is 15.4. The largest absolute Gasteiger partial charge is 0.396 e. The van der Waals surface area contributed by atoms with Crippen LogP contribution in [0.1, 0.15) is 57.8 Å². The summed E-state index contributed by atoms with van der Waals surface area (Å²) in [7, 11) is 0. The zero-order valence-corrected chi connectivity index (χ0v) is 11.2. The summed E-state index contributed by atoms with van der Waals surface area (Å²) < 4.78 is 0. The lowest BCUT2D eigenvalue weighted by Crippen LogP contribution is -2.26. The lowest BCUT2D eigenvalue weighted by atomic mass is 9.84. The molecule has 1 aliphatic carbocycles. The van der Waals surface area contributed by atoms with E-state index in [2.05, 4.69) is 5.32 Å². The van der Waals surface area contributed by atoms with Crippen LogP contribution < -0.4 is 5.32 Å². The number of hydrogen-bond acceptors (Lipinski definition) is 3. The maximum absolute atomic E-state index is 11.6. The van der Waals surface area contributed by atoms with Crippen molar-refractivity contribution in [1.82, 2.24) is 5.32 Å². The van der Waals surface area contributed by atoms with Gasteiger partial charge in [-0.3, -0.25) is 4.79 Å². The molecule has 1 fully saturated rings. The van der Waals surface area contributed by atoms with Crippen molar-refractivity contribution in [2.24, 2.45) is 5.92 Å². The third-order valence-electron chi connectivity index (χ3n) is 3.75. The summed E-state index contributed by atoms with van der Waals surface area (Å²) in [5.41, 5.74) is 0. The Balaban J connectivity index is 1.96. The lowest BCUT2D eigenvalue weighted by Gasteiger charge is -2.25. The molecule has 0 heterocycles. The molecule has 1 aliphatic rings. The van der Waals surface area contributed by atoms with E-state index in [0.717, 1.165) is 57.9 Å². The number of unbranched alkanes of at least 4 members (excludes halogenated alkanes) is 2. The van der Waals surface area contributed by atoms with E-state index in [1.54, 1.807) is 0 Å². The van der Waals surface area contributed by atoms with Crippen LogP contribution in [0, 0.1) is 5.92 Å². The van der Waals surface area contributed by atoms with E-state index in [1.165, 1.54) is 0 Å². The number of aliphatic hydroxyl groups is 2. The molecule has 0 bridgehead atoms. The Kier molecular flexibility index (Phi) is 8.01. The van der Waals surface area contributed by atoms with Gasteiger partial charge in [0.25, 0.3) is 0 Å². The van der Waals surface area contributed by atoms with Gasteiger partial charge in [-0.2, -0.15) is 0 Å². The minimum Gasteiger partial charge on any atom is -0.396 e. The Morgan fingerprint density at radius 1 is 1.11 bits per heavy atom. The fraction of sp³-hybridized carbons (Fsp3) is 0.929. The molecule has 0 aromatic rings. The second kappa shape index (κ2) is 9.34. The summed E-state index contributed by atoms with van der Waals surface area (Å²) in [6, 6.07) is 0. The summed E-state index contributed by atoms with van der Waals surface area (Å²) in [4.78, 5) is 11.6. The monoisotopic (exact) mass is 257 g/mol. The van der Waals surface area contributed by atoms with Crippen molar-refractivity contribution in [3.05, 3.63) is 0 Å².